The van der Waals surface area contributed by atoms with Gasteiger partial charge in [0.2, 0.25) is 10.0 Å². The first-order valence-corrected chi connectivity index (χ1v) is 9.08. The molecule has 0 bridgehead atoms. The first kappa shape index (κ1) is 17.3. The first-order valence-electron chi connectivity index (χ1n) is 6.45. The molecule has 2 atom stereocenters. The Morgan fingerprint density at radius 3 is 2.70 bits per heavy atom. The van der Waals surface area contributed by atoms with Crippen LogP contribution in [-0.4, -0.2) is 37.2 Å². The topological polar surface area (TPSA) is 92.4 Å². The molecule has 0 saturated heterocycles. The highest BCUT2D eigenvalue weighted by Gasteiger charge is 2.15. The fraction of sp³-hybridized carbons (Fsp3) is 0.538. The molecule has 2 unspecified atom stereocenters. The van der Waals surface area contributed by atoms with E-state index in [0.717, 1.165) is 4.90 Å². The van der Waals surface area contributed by atoms with Crippen molar-refractivity contribution in [3.63, 3.8) is 0 Å². The van der Waals surface area contributed by atoms with Crippen LogP contribution in [0.2, 0.25) is 0 Å². The van der Waals surface area contributed by atoms with Crippen LogP contribution in [0.3, 0.4) is 0 Å². The molecule has 1 aromatic carbocycles. The van der Waals surface area contributed by atoms with E-state index in [1.807, 2.05) is 18.2 Å². The Bertz CT molecular complexity index is 518. The summed E-state index contributed by atoms with van der Waals surface area (Å²) >= 11 is 1.45. The smallest absolute Gasteiger partial charge is 0.212 e. The molecule has 0 spiro atoms. The first-order chi connectivity index (χ1) is 9.28. The number of rotatable bonds is 8. The summed E-state index contributed by atoms with van der Waals surface area (Å²) in [5.41, 5.74) is 6.33. The van der Waals surface area contributed by atoms with E-state index < -0.39 is 16.1 Å². The van der Waals surface area contributed by atoms with Crippen molar-refractivity contribution in [2.45, 2.75) is 37.3 Å². The molecule has 0 saturated carbocycles. The van der Waals surface area contributed by atoms with Crippen LogP contribution in [0.1, 0.15) is 20.3 Å². The highest BCUT2D eigenvalue weighted by atomic mass is 32.2. The number of aliphatic hydroxyl groups excluding tert-OH is 1. The fourth-order valence-electron chi connectivity index (χ4n) is 1.80. The van der Waals surface area contributed by atoms with Gasteiger partial charge in [-0.3, -0.25) is 0 Å². The molecule has 0 heterocycles. The Hall–Kier alpha value is -0.760. The summed E-state index contributed by atoms with van der Waals surface area (Å²) in [6.07, 6.45) is -0.115. The van der Waals surface area contributed by atoms with Gasteiger partial charge in [0.15, 0.2) is 0 Å². The van der Waals surface area contributed by atoms with Crippen molar-refractivity contribution >= 4 is 27.5 Å². The lowest BCUT2D eigenvalue weighted by Crippen LogP contribution is -2.36. The molecule has 0 fully saturated rings. The molecule has 0 aliphatic rings. The molecule has 0 aliphatic heterocycles. The zero-order valence-corrected chi connectivity index (χ0v) is 13.4. The van der Waals surface area contributed by atoms with E-state index in [9.17, 15) is 13.5 Å². The number of aliphatic hydroxyl groups is 1. The zero-order chi connectivity index (χ0) is 15.2. The lowest BCUT2D eigenvalue weighted by Gasteiger charge is -2.15. The average Bonchev–Trinajstić information content (AvgIpc) is 2.26. The number of benzene rings is 1. The second kappa shape index (κ2) is 7.87. The summed E-state index contributed by atoms with van der Waals surface area (Å²) in [5.74, 6) is 0.497. The Kier molecular flexibility index (Phi) is 6.81. The van der Waals surface area contributed by atoms with Gasteiger partial charge in [0.1, 0.15) is 0 Å². The van der Waals surface area contributed by atoms with Gasteiger partial charge in [-0.1, -0.05) is 6.07 Å². The van der Waals surface area contributed by atoms with Crippen LogP contribution in [0.25, 0.3) is 0 Å². The van der Waals surface area contributed by atoms with Gasteiger partial charge in [-0.05, 0) is 38.5 Å². The minimum Gasteiger partial charge on any atom is -0.399 e. The molecular weight excluding hydrogens is 296 g/mol. The molecule has 20 heavy (non-hydrogen) atoms. The second-order valence-electron chi connectivity index (χ2n) is 4.84. The number of nitrogen functional groups attached to an aromatic ring is 1. The van der Waals surface area contributed by atoms with Crippen molar-refractivity contribution in [2.75, 3.05) is 17.2 Å². The van der Waals surface area contributed by atoms with E-state index in [1.54, 1.807) is 19.9 Å². The molecule has 4 N–H and O–H groups in total. The van der Waals surface area contributed by atoms with Crippen LogP contribution in [0.5, 0.6) is 0 Å². The largest absolute Gasteiger partial charge is 0.399 e. The highest BCUT2D eigenvalue weighted by molar-refractivity contribution is 8.00. The number of anilines is 1. The van der Waals surface area contributed by atoms with Gasteiger partial charge in [0.25, 0.3) is 0 Å². The van der Waals surface area contributed by atoms with E-state index in [1.165, 1.54) is 11.8 Å². The van der Waals surface area contributed by atoms with Gasteiger partial charge in [-0.25, -0.2) is 13.1 Å². The van der Waals surface area contributed by atoms with Gasteiger partial charge >= 0.3 is 0 Å². The third-order valence-corrected chi connectivity index (χ3v) is 5.31. The molecule has 0 radical (unpaired) electrons. The maximum Gasteiger partial charge on any atom is 0.212 e. The fourth-order valence-corrected chi connectivity index (χ4v) is 4.47. The van der Waals surface area contributed by atoms with Gasteiger partial charge < -0.3 is 10.8 Å². The van der Waals surface area contributed by atoms with Crippen LogP contribution in [0.4, 0.5) is 5.69 Å². The number of nitrogens with one attached hydrogen (secondary N) is 1. The van der Waals surface area contributed by atoms with Gasteiger partial charge in [-0.15, -0.1) is 11.8 Å². The molecule has 1 aromatic rings. The van der Waals surface area contributed by atoms with Crippen molar-refractivity contribution in [2.24, 2.45) is 0 Å². The SMILES string of the molecule is CC(O)CC(C)NS(=O)(=O)CCSc1cccc(N)c1. The van der Waals surface area contributed by atoms with Crippen LogP contribution in [0.15, 0.2) is 29.2 Å². The minimum absolute atomic E-state index is 0.0383. The van der Waals surface area contributed by atoms with Gasteiger partial charge in [0.05, 0.1) is 11.9 Å². The average molecular weight is 318 g/mol. The summed E-state index contributed by atoms with van der Waals surface area (Å²) in [6, 6.07) is 7.09. The van der Waals surface area contributed by atoms with Gasteiger partial charge in [-0.2, -0.15) is 0 Å². The highest BCUT2D eigenvalue weighted by Crippen LogP contribution is 2.20. The van der Waals surface area contributed by atoms with E-state index in [2.05, 4.69) is 4.72 Å². The van der Waals surface area contributed by atoms with Crippen molar-refractivity contribution in [3.05, 3.63) is 24.3 Å². The van der Waals surface area contributed by atoms with Crippen LogP contribution in [-0.2, 0) is 10.0 Å². The molecule has 1 rings (SSSR count). The maximum atomic E-state index is 11.8. The maximum absolute atomic E-state index is 11.8. The van der Waals surface area contributed by atoms with Crippen LogP contribution < -0.4 is 10.5 Å². The summed E-state index contributed by atoms with van der Waals surface area (Å²) in [5, 5.41) is 9.22. The molecule has 0 aliphatic carbocycles. The molecular formula is C13H22N2O3S2. The van der Waals surface area contributed by atoms with Crippen molar-refractivity contribution in [1.82, 2.24) is 4.72 Å². The zero-order valence-electron chi connectivity index (χ0n) is 11.7. The number of hydrogen-bond donors (Lipinski definition) is 3. The monoisotopic (exact) mass is 318 g/mol. The summed E-state index contributed by atoms with van der Waals surface area (Å²) in [7, 11) is -3.32. The predicted octanol–water partition coefficient (Wildman–Crippen LogP) is 1.44. The predicted molar refractivity (Wildman–Crippen MR) is 84.3 cm³/mol. The van der Waals surface area contributed by atoms with E-state index >= 15 is 0 Å². The summed E-state index contributed by atoms with van der Waals surface area (Å²) < 4.78 is 26.3. The molecule has 0 aromatic heterocycles. The standard InChI is InChI=1S/C13H22N2O3S2/c1-10(8-11(2)16)15-20(17,18)7-6-19-13-5-3-4-12(14)9-13/h3-5,9-11,15-16H,6-8,14H2,1-2H3. The lowest BCUT2D eigenvalue weighted by molar-refractivity contribution is 0.175. The van der Waals surface area contributed by atoms with Crippen molar-refractivity contribution < 1.29 is 13.5 Å². The van der Waals surface area contributed by atoms with E-state index in [0.29, 0.717) is 17.9 Å². The van der Waals surface area contributed by atoms with E-state index in [-0.39, 0.29) is 11.8 Å². The second-order valence-corrected chi connectivity index (χ2v) is 7.89. The molecule has 5 nitrogen and oxygen atoms in total. The minimum atomic E-state index is -3.32. The third-order valence-electron chi connectivity index (χ3n) is 2.55. The van der Waals surface area contributed by atoms with E-state index in [4.69, 9.17) is 5.73 Å². The van der Waals surface area contributed by atoms with Gasteiger partial charge in [0, 0.05) is 22.4 Å². The Morgan fingerprint density at radius 1 is 1.40 bits per heavy atom. The quantitative estimate of drug-likeness (QED) is 0.498. The number of hydrogen-bond acceptors (Lipinski definition) is 5. The Morgan fingerprint density at radius 2 is 2.10 bits per heavy atom. The summed E-state index contributed by atoms with van der Waals surface area (Å²) in [4.78, 5) is 0.956. The Balaban J connectivity index is 2.40. The van der Waals surface area contributed by atoms with Crippen molar-refractivity contribution in [1.29, 1.82) is 0 Å². The lowest BCUT2D eigenvalue weighted by atomic mass is 10.2. The number of thioether (sulfide) groups is 1. The van der Waals surface area contributed by atoms with Crippen LogP contribution >= 0.6 is 11.8 Å². The van der Waals surface area contributed by atoms with Crippen LogP contribution in [0, 0.1) is 0 Å². The third kappa shape index (κ3) is 7.14. The summed E-state index contributed by atoms with van der Waals surface area (Å²) in [6.45, 7) is 3.38. The van der Waals surface area contributed by atoms with Crippen molar-refractivity contribution in [3.8, 4) is 0 Å². The number of sulfonamides is 1. The normalized spacial score (nSPS) is 14.9. The Labute approximate surface area is 125 Å². The molecule has 114 valence electrons. The molecule has 0 amide bonds. The molecule has 7 heteroatoms. The number of nitrogens with two attached hydrogens (primary N) is 1.